The molecule has 1 fully saturated rings. The van der Waals surface area contributed by atoms with Crippen molar-refractivity contribution >= 4 is 17.5 Å². The van der Waals surface area contributed by atoms with Crippen LogP contribution in [0.1, 0.15) is 47.3 Å². The number of nitrogens with zero attached hydrogens (tertiary/aromatic N) is 2. The van der Waals surface area contributed by atoms with E-state index in [0.29, 0.717) is 18.7 Å². The van der Waals surface area contributed by atoms with Gasteiger partial charge in [-0.15, -0.1) is 0 Å². The molecule has 0 radical (unpaired) electrons. The molecule has 6 heteroatoms. The first-order valence-corrected chi connectivity index (χ1v) is 10.6. The molecule has 0 aromatic heterocycles. The quantitative estimate of drug-likeness (QED) is 0.799. The molecule has 1 saturated heterocycles. The third-order valence-corrected chi connectivity index (χ3v) is 6.16. The summed E-state index contributed by atoms with van der Waals surface area (Å²) < 4.78 is 5.28. The summed E-state index contributed by atoms with van der Waals surface area (Å²) in [7, 11) is 1.67. The zero-order valence-corrected chi connectivity index (χ0v) is 17.7. The van der Waals surface area contributed by atoms with E-state index >= 15 is 0 Å². The number of hydrogen-bond acceptors (Lipinski definition) is 4. The molecule has 0 bridgehead atoms. The maximum atomic E-state index is 12.9. The first-order valence-electron chi connectivity index (χ1n) is 10.6. The van der Waals surface area contributed by atoms with Gasteiger partial charge in [-0.1, -0.05) is 12.1 Å². The summed E-state index contributed by atoms with van der Waals surface area (Å²) in [6.07, 6.45) is 3.18. The zero-order valence-electron chi connectivity index (χ0n) is 17.7. The average molecular weight is 408 g/mol. The Morgan fingerprint density at radius 1 is 1.07 bits per heavy atom. The summed E-state index contributed by atoms with van der Waals surface area (Å²) in [5.41, 5.74) is 3.81. The molecular weight excluding hydrogens is 378 g/mol. The van der Waals surface area contributed by atoms with E-state index in [9.17, 15) is 9.59 Å². The van der Waals surface area contributed by atoms with E-state index < -0.39 is 0 Å². The highest BCUT2D eigenvalue weighted by atomic mass is 16.5. The molecule has 2 aromatic rings. The predicted molar refractivity (Wildman–Crippen MR) is 117 cm³/mol. The van der Waals surface area contributed by atoms with Crippen LogP contribution in [0.5, 0.6) is 5.75 Å². The molecule has 0 saturated carbocycles. The van der Waals surface area contributed by atoms with Crippen molar-refractivity contribution in [2.75, 3.05) is 38.2 Å². The first kappa shape index (κ1) is 20.4. The van der Waals surface area contributed by atoms with Crippen molar-refractivity contribution < 1.29 is 14.3 Å². The number of hydrogen-bond donors (Lipinski definition) is 1. The average Bonchev–Trinajstić information content (AvgIpc) is 3.44. The number of nitrogens with one attached hydrogen (secondary N) is 1. The molecule has 2 heterocycles. The lowest BCUT2D eigenvalue weighted by atomic mass is 10.0. The van der Waals surface area contributed by atoms with E-state index in [-0.39, 0.29) is 17.9 Å². The number of carbonyl (C=O) groups excluding carboxylic acids is 2. The number of amides is 2. The van der Waals surface area contributed by atoms with Gasteiger partial charge in [-0.3, -0.25) is 14.5 Å². The number of benzene rings is 2. The molecule has 2 aliphatic heterocycles. The van der Waals surface area contributed by atoms with Gasteiger partial charge in [0.1, 0.15) is 5.75 Å². The van der Waals surface area contributed by atoms with Gasteiger partial charge in [0, 0.05) is 31.3 Å². The van der Waals surface area contributed by atoms with Crippen LogP contribution < -0.4 is 15.0 Å². The number of fused-ring (bicyclic) bond motifs is 1. The third kappa shape index (κ3) is 4.19. The Bertz CT molecular complexity index is 920. The molecule has 1 unspecified atom stereocenters. The first-order chi connectivity index (χ1) is 14.6. The molecule has 0 spiro atoms. The summed E-state index contributed by atoms with van der Waals surface area (Å²) in [6.45, 7) is 4.91. The Kier molecular flexibility index (Phi) is 6.04. The minimum Gasteiger partial charge on any atom is -0.497 e. The Morgan fingerprint density at radius 3 is 2.47 bits per heavy atom. The highest BCUT2D eigenvalue weighted by Crippen LogP contribution is 2.29. The third-order valence-electron chi connectivity index (χ3n) is 6.16. The number of likely N-dealkylation sites (tertiary alicyclic amines) is 1. The van der Waals surface area contributed by atoms with Crippen LogP contribution in [-0.4, -0.2) is 50.0 Å². The molecule has 2 aliphatic rings. The van der Waals surface area contributed by atoms with Gasteiger partial charge in [-0.25, -0.2) is 0 Å². The minimum atomic E-state index is -0.0724. The summed E-state index contributed by atoms with van der Waals surface area (Å²) in [5, 5.41) is 3.14. The summed E-state index contributed by atoms with van der Waals surface area (Å²) in [4.78, 5) is 28.8. The fourth-order valence-corrected chi connectivity index (χ4v) is 4.50. The maximum Gasteiger partial charge on any atom is 0.251 e. The lowest BCUT2D eigenvalue weighted by molar-refractivity contribution is -0.116. The molecule has 1 N–H and O–H groups in total. The summed E-state index contributed by atoms with van der Waals surface area (Å²) in [5.74, 6) is 0.802. The van der Waals surface area contributed by atoms with Crippen LogP contribution in [0.2, 0.25) is 0 Å². The molecule has 2 amide bonds. The van der Waals surface area contributed by atoms with Crippen LogP contribution in [0.3, 0.4) is 0 Å². The summed E-state index contributed by atoms with van der Waals surface area (Å²) in [6, 6.07) is 13.9. The van der Waals surface area contributed by atoms with Gasteiger partial charge >= 0.3 is 0 Å². The highest BCUT2D eigenvalue weighted by Gasteiger charge is 2.26. The second-order valence-electron chi connectivity index (χ2n) is 8.01. The highest BCUT2D eigenvalue weighted by molar-refractivity contribution is 5.97. The molecule has 4 rings (SSSR count). The van der Waals surface area contributed by atoms with E-state index in [0.717, 1.165) is 36.5 Å². The predicted octanol–water partition coefficient (Wildman–Crippen LogP) is 3.17. The van der Waals surface area contributed by atoms with E-state index in [1.165, 1.54) is 18.4 Å². The summed E-state index contributed by atoms with van der Waals surface area (Å²) >= 11 is 0. The van der Waals surface area contributed by atoms with Crippen molar-refractivity contribution in [3.8, 4) is 5.75 Å². The maximum absolute atomic E-state index is 12.9. The van der Waals surface area contributed by atoms with Crippen LogP contribution in [0.15, 0.2) is 42.5 Å². The lowest BCUT2D eigenvalue weighted by Crippen LogP contribution is -2.36. The minimum absolute atomic E-state index is 0.0406. The molecule has 0 aliphatic carbocycles. The molecule has 2 aromatic carbocycles. The van der Waals surface area contributed by atoms with Crippen molar-refractivity contribution in [1.29, 1.82) is 0 Å². The monoisotopic (exact) mass is 407 g/mol. The number of anilines is 1. The molecule has 6 nitrogen and oxygen atoms in total. The molecular formula is C24H29N3O3. The van der Waals surface area contributed by atoms with Gasteiger partial charge in [0.15, 0.2) is 0 Å². The van der Waals surface area contributed by atoms with E-state index in [2.05, 4.69) is 22.3 Å². The van der Waals surface area contributed by atoms with Crippen molar-refractivity contribution in [3.63, 3.8) is 0 Å². The zero-order chi connectivity index (χ0) is 21.1. The van der Waals surface area contributed by atoms with Crippen molar-refractivity contribution in [2.45, 2.75) is 32.2 Å². The van der Waals surface area contributed by atoms with E-state index in [1.54, 1.807) is 18.9 Å². The van der Waals surface area contributed by atoms with Crippen LogP contribution in [-0.2, 0) is 11.2 Å². The molecule has 30 heavy (non-hydrogen) atoms. The second kappa shape index (κ2) is 8.88. The van der Waals surface area contributed by atoms with Crippen molar-refractivity contribution in [2.24, 2.45) is 0 Å². The fraction of sp³-hybridized carbons (Fsp3) is 0.417. The van der Waals surface area contributed by atoms with Crippen LogP contribution in [0, 0.1) is 0 Å². The van der Waals surface area contributed by atoms with Gasteiger partial charge in [-0.2, -0.15) is 0 Å². The molecule has 1 atom stereocenters. The normalized spacial score (nSPS) is 16.9. The van der Waals surface area contributed by atoms with Gasteiger partial charge in [-0.05, 0) is 73.8 Å². The van der Waals surface area contributed by atoms with Crippen LogP contribution in [0.25, 0.3) is 0 Å². The van der Waals surface area contributed by atoms with Crippen molar-refractivity contribution in [1.82, 2.24) is 10.2 Å². The van der Waals surface area contributed by atoms with Gasteiger partial charge in [0.25, 0.3) is 5.91 Å². The standard InChI is InChI=1S/C24H29N3O3/c1-17(28)27-14-11-19-15-20(7-10-22(19)27)24(29)25-16-23(26-12-3-4-13-26)18-5-8-21(30-2)9-6-18/h5-10,15,23H,3-4,11-14,16H2,1-2H3,(H,25,29). The van der Waals surface area contributed by atoms with Crippen LogP contribution >= 0.6 is 0 Å². The molecule has 158 valence electrons. The van der Waals surface area contributed by atoms with Crippen LogP contribution in [0.4, 0.5) is 5.69 Å². The Morgan fingerprint density at radius 2 is 1.80 bits per heavy atom. The largest absolute Gasteiger partial charge is 0.497 e. The van der Waals surface area contributed by atoms with Gasteiger partial charge in [0.2, 0.25) is 5.91 Å². The van der Waals surface area contributed by atoms with E-state index in [4.69, 9.17) is 4.74 Å². The Labute approximate surface area is 177 Å². The Hall–Kier alpha value is -2.86. The second-order valence-corrected chi connectivity index (χ2v) is 8.01. The number of methoxy groups -OCH3 is 1. The van der Waals surface area contributed by atoms with Gasteiger partial charge in [0.05, 0.1) is 13.2 Å². The lowest BCUT2D eigenvalue weighted by Gasteiger charge is -2.28. The topological polar surface area (TPSA) is 61.9 Å². The smallest absolute Gasteiger partial charge is 0.251 e. The number of rotatable bonds is 6. The fourth-order valence-electron chi connectivity index (χ4n) is 4.50. The van der Waals surface area contributed by atoms with E-state index in [1.807, 2.05) is 30.3 Å². The number of carbonyl (C=O) groups is 2. The Balaban J connectivity index is 1.47. The van der Waals surface area contributed by atoms with Gasteiger partial charge < -0.3 is 15.0 Å². The number of ether oxygens (including phenoxy) is 1. The van der Waals surface area contributed by atoms with Crippen molar-refractivity contribution in [3.05, 3.63) is 59.2 Å². The SMILES string of the molecule is COc1ccc(C(CNC(=O)c2ccc3c(c2)CCN3C(C)=O)N2CCCC2)cc1.